The molecular weight excluding hydrogens is 84.1 g/mol. The lowest BCUT2D eigenvalue weighted by Crippen LogP contribution is -1.99. The lowest BCUT2D eigenvalue weighted by atomic mass is 9.92. The highest BCUT2D eigenvalue weighted by atomic mass is 14.2. The van der Waals surface area contributed by atoms with Gasteiger partial charge in [-0.15, -0.1) is 0 Å². The lowest BCUT2D eigenvalue weighted by Gasteiger charge is -2.12. The Morgan fingerprint density at radius 2 is 2.29 bits per heavy atom. The lowest BCUT2D eigenvalue weighted by molar-refractivity contribution is 0.963. The molecule has 1 atom stereocenters. The van der Waals surface area contributed by atoms with Crippen molar-refractivity contribution in [1.29, 1.82) is 0 Å². The van der Waals surface area contributed by atoms with Gasteiger partial charge in [-0.3, -0.25) is 0 Å². The van der Waals surface area contributed by atoms with E-state index >= 15 is 0 Å². The second-order valence-corrected chi connectivity index (χ2v) is 1.94. The van der Waals surface area contributed by atoms with E-state index in [1.165, 1.54) is 5.57 Å². The van der Waals surface area contributed by atoms with Gasteiger partial charge in [-0.2, -0.15) is 0 Å². The Labute approximate surface area is 42.8 Å². The maximum Gasteiger partial charge on any atom is 0.0204 e. The van der Waals surface area contributed by atoms with E-state index in [0.29, 0.717) is 5.92 Å². The summed E-state index contributed by atoms with van der Waals surface area (Å²) >= 11 is 0. The second kappa shape index (κ2) is 0.890. The maximum absolute atomic E-state index is 2.20. The van der Waals surface area contributed by atoms with E-state index in [0.717, 1.165) is 0 Å². The summed E-state index contributed by atoms with van der Waals surface area (Å²) in [6.45, 7) is 0. The zero-order chi connectivity index (χ0) is 4.69. The molecule has 2 aliphatic carbocycles. The first-order chi connectivity index (χ1) is 3.47. The molecule has 0 aromatic carbocycles. The molecule has 0 amide bonds. The summed E-state index contributed by atoms with van der Waals surface area (Å²) < 4.78 is 0. The van der Waals surface area contributed by atoms with Gasteiger partial charge in [0.25, 0.3) is 0 Å². The maximum atomic E-state index is 2.20. The minimum absolute atomic E-state index is 0.694. The highest BCUT2D eigenvalue weighted by Crippen LogP contribution is 2.29. The third-order valence-electron chi connectivity index (χ3n) is 1.49. The van der Waals surface area contributed by atoms with Crippen LogP contribution in [0.5, 0.6) is 0 Å². The normalized spacial score (nSPS) is 32.0. The van der Waals surface area contributed by atoms with Crippen LogP contribution in [-0.4, -0.2) is 0 Å². The van der Waals surface area contributed by atoms with E-state index in [2.05, 4.69) is 30.4 Å². The summed E-state index contributed by atoms with van der Waals surface area (Å²) in [6, 6.07) is 0. The average molecular weight is 90.1 g/mol. The van der Waals surface area contributed by atoms with Crippen molar-refractivity contribution >= 4 is 0 Å². The van der Waals surface area contributed by atoms with Crippen molar-refractivity contribution in [2.75, 3.05) is 0 Å². The molecule has 0 aromatic heterocycles. The van der Waals surface area contributed by atoms with Crippen LogP contribution in [0.4, 0.5) is 0 Å². The molecule has 2 aliphatic rings. The Morgan fingerprint density at radius 3 is 2.57 bits per heavy atom. The molecule has 0 aromatic rings. The molecule has 0 spiro atoms. The molecule has 0 unspecified atom stereocenters. The van der Waals surface area contributed by atoms with Crippen LogP contribution < -0.4 is 0 Å². The molecule has 34 valence electrons. The number of hydrogen-bond donors (Lipinski definition) is 0. The molecule has 0 aliphatic heterocycles. The highest BCUT2D eigenvalue weighted by molar-refractivity contribution is 5.46. The SMILES string of the molecule is C1=C[C@H]2C=CC2=C1. The first-order valence-electron chi connectivity index (χ1n) is 2.53. The monoisotopic (exact) mass is 90.0 g/mol. The van der Waals surface area contributed by atoms with Gasteiger partial charge in [0.1, 0.15) is 0 Å². The first-order valence-corrected chi connectivity index (χ1v) is 2.53. The standard InChI is InChI=1S/C7H6/c1-2-6-4-5-7(6)3-1/h1-6H/t6-/m0/s1. The van der Waals surface area contributed by atoms with Crippen LogP contribution in [0.2, 0.25) is 0 Å². The zero-order valence-electron chi connectivity index (χ0n) is 3.96. The van der Waals surface area contributed by atoms with Crippen LogP contribution in [0, 0.1) is 5.92 Å². The number of rotatable bonds is 0. The quantitative estimate of drug-likeness (QED) is 0.424. The van der Waals surface area contributed by atoms with Crippen LogP contribution in [-0.2, 0) is 0 Å². The van der Waals surface area contributed by atoms with Gasteiger partial charge in [0.15, 0.2) is 0 Å². The molecule has 0 fully saturated rings. The topological polar surface area (TPSA) is 0 Å². The van der Waals surface area contributed by atoms with Gasteiger partial charge in [-0.1, -0.05) is 30.4 Å². The minimum atomic E-state index is 0.694. The van der Waals surface area contributed by atoms with Crippen molar-refractivity contribution in [2.24, 2.45) is 5.92 Å². The number of fused-ring (bicyclic) bond motifs is 1. The Morgan fingerprint density at radius 1 is 1.29 bits per heavy atom. The van der Waals surface area contributed by atoms with E-state index in [1.807, 2.05) is 0 Å². The van der Waals surface area contributed by atoms with Crippen LogP contribution in [0.25, 0.3) is 0 Å². The summed E-state index contributed by atoms with van der Waals surface area (Å²) in [5.74, 6) is 0.694. The summed E-state index contributed by atoms with van der Waals surface area (Å²) in [5.41, 5.74) is 1.47. The fourth-order valence-electron chi connectivity index (χ4n) is 0.947. The van der Waals surface area contributed by atoms with Crippen molar-refractivity contribution in [3.63, 3.8) is 0 Å². The highest BCUT2D eigenvalue weighted by Gasteiger charge is 2.14. The molecule has 7 heavy (non-hydrogen) atoms. The smallest absolute Gasteiger partial charge is 0.0204 e. The Bertz CT molecular complexity index is 162. The fourth-order valence-corrected chi connectivity index (χ4v) is 0.947. The zero-order valence-corrected chi connectivity index (χ0v) is 3.96. The van der Waals surface area contributed by atoms with E-state index in [-0.39, 0.29) is 0 Å². The third kappa shape index (κ3) is 0.268. The molecule has 0 nitrogen and oxygen atoms in total. The summed E-state index contributed by atoms with van der Waals surface area (Å²) in [6.07, 6.45) is 10.8. The van der Waals surface area contributed by atoms with Crippen LogP contribution in [0.1, 0.15) is 0 Å². The average Bonchev–Trinajstić information content (AvgIpc) is 1.85. The first kappa shape index (κ1) is 3.25. The Kier molecular flexibility index (Phi) is 0.413. The van der Waals surface area contributed by atoms with Crippen molar-refractivity contribution in [2.45, 2.75) is 0 Å². The van der Waals surface area contributed by atoms with Crippen LogP contribution in [0.15, 0.2) is 36.0 Å². The van der Waals surface area contributed by atoms with Crippen molar-refractivity contribution < 1.29 is 0 Å². The van der Waals surface area contributed by atoms with Gasteiger partial charge in [-0.25, -0.2) is 0 Å². The molecule has 0 saturated carbocycles. The Hall–Kier alpha value is -0.780. The molecule has 0 heteroatoms. The van der Waals surface area contributed by atoms with E-state index in [1.54, 1.807) is 0 Å². The van der Waals surface area contributed by atoms with Gasteiger partial charge in [0, 0.05) is 5.92 Å². The summed E-state index contributed by atoms with van der Waals surface area (Å²) in [7, 11) is 0. The van der Waals surface area contributed by atoms with Gasteiger partial charge >= 0.3 is 0 Å². The molecule has 2 rings (SSSR count). The van der Waals surface area contributed by atoms with Gasteiger partial charge in [0.2, 0.25) is 0 Å². The van der Waals surface area contributed by atoms with Crippen molar-refractivity contribution in [3.05, 3.63) is 36.0 Å². The minimum Gasteiger partial charge on any atom is -0.0732 e. The van der Waals surface area contributed by atoms with Crippen LogP contribution in [0.3, 0.4) is 0 Å². The molecule has 0 radical (unpaired) electrons. The number of allylic oxidation sites excluding steroid dienone is 6. The van der Waals surface area contributed by atoms with E-state index in [9.17, 15) is 0 Å². The molecule has 0 bridgehead atoms. The van der Waals surface area contributed by atoms with E-state index in [4.69, 9.17) is 0 Å². The molecular formula is C7H6. The largest absolute Gasteiger partial charge is 0.0732 e. The van der Waals surface area contributed by atoms with Gasteiger partial charge in [0.05, 0.1) is 0 Å². The van der Waals surface area contributed by atoms with Crippen LogP contribution >= 0.6 is 0 Å². The van der Waals surface area contributed by atoms with E-state index < -0.39 is 0 Å². The molecule has 0 heterocycles. The summed E-state index contributed by atoms with van der Waals surface area (Å²) in [4.78, 5) is 0. The predicted octanol–water partition coefficient (Wildman–Crippen LogP) is 1.67. The predicted molar refractivity (Wildman–Crippen MR) is 29.9 cm³/mol. The molecule has 0 saturated heterocycles. The second-order valence-electron chi connectivity index (χ2n) is 1.94. The van der Waals surface area contributed by atoms with Gasteiger partial charge in [-0.05, 0) is 5.57 Å². The van der Waals surface area contributed by atoms with Crippen molar-refractivity contribution in [1.82, 2.24) is 0 Å². The summed E-state index contributed by atoms with van der Waals surface area (Å²) in [5, 5.41) is 0. The third-order valence-corrected chi connectivity index (χ3v) is 1.49. The molecule has 0 N–H and O–H groups in total. The number of hydrogen-bond acceptors (Lipinski definition) is 0. The Balaban J connectivity index is 2.51. The van der Waals surface area contributed by atoms with Gasteiger partial charge < -0.3 is 0 Å². The van der Waals surface area contributed by atoms with Crippen molar-refractivity contribution in [3.8, 4) is 0 Å². The fraction of sp³-hybridized carbons (Fsp3) is 0.143.